The molecule has 0 saturated carbocycles. The zero-order chi connectivity index (χ0) is 24.6. The topological polar surface area (TPSA) is 131 Å². The molecule has 182 valence electrons. The maximum absolute atomic E-state index is 13.7. The van der Waals surface area contributed by atoms with Crippen molar-refractivity contribution >= 4 is 29.3 Å². The smallest absolute Gasteiger partial charge is 0.255 e. The summed E-state index contributed by atoms with van der Waals surface area (Å²) in [4.78, 5) is 40.5. The van der Waals surface area contributed by atoms with Gasteiger partial charge in [-0.2, -0.15) is 0 Å². The van der Waals surface area contributed by atoms with E-state index in [1.165, 1.54) is 22.0 Å². The molecule has 2 heterocycles. The Labute approximate surface area is 206 Å². The quantitative estimate of drug-likeness (QED) is 0.553. The number of carbonyl (C=O) groups is 3. The van der Waals surface area contributed by atoms with E-state index in [0.29, 0.717) is 28.3 Å². The number of hydrogen-bond donors (Lipinski definition) is 2. The lowest BCUT2D eigenvalue weighted by atomic mass is 10.1. The van der Waals surface area contributed by atoms with Crippen molar-refractivity contribution in [2.75, 3.05) is 32.8 Å². The van der Waals surface area contributed by atoms with Gasteiger partial charge in [0.2, 0.25) is 5.91 Å². The largest absolute Gasteiger partial charge is 0.491 e. The molecule has 3 aromatic rings. The lowest BCUT2D eigenvalue weighted by Crippen LogP contribution is -2.46. The number of carbonyl (C=O) groups excluding carboxylic acids is 3. The first-order valence-corrected chi connectivity index (χ1v) is 11.4. The molecule has 0 radical (unpaired) electrons. The van der Waals surface area contributed by atoms with Crippen LogP contribution >= 0.6 is 11.6 Å². The molecule has 2 N–H and O–H groups in total. The minimum absolute atomic E-state index is 0.138. The molecular weight excluding hydrogens is 474 g/mol. The average molecular weight is 498 g/mol. The minimum atomic E-state index is -0.843. The summed E-state index contributed by atoms with van der Waals surface area (Å²) >= 11 is 6.06. The number of fused-ring (bicyclic) bond motifs is 1. The van der Waals surface area contributed by atoms with Gasteiger partial charge in [-0.15, -0.1) is 5.10 Å². The van der Waals surface area contributed by atoms with E-state index in [9.17, 15) is 14.4 Å². The van der Waals surface area contributed by atoms with Crippen LogP contribution in [-0.2, 0) is 9.59 Å². The fourth-order valence-corrected chi connectivity index (χ4v) is 3.90. The molecule has 0 spiro atoms. The monoisotopic (exact) mass is 497 g/mol. The highest BCUT2D eigenvalue weighted by Gasteiger charge is 2.30. The molecule has 0 fully saturated rings. The summed E-state index contributed by atoms with van der Waals surface area (Å²) in [6.07, 6.45) is 1.78. The number of nitrogens with one attached hydrogen (secondary N) is 2. The van der Waals surface area contributed by atoms with Crippen molar-refractivity contribution in [1.82, 2.24) is 35.7 Å². The highest BCUT2D eigenvalue weighted by Crippen LogP contribution is 2.23. The maximum Gasteiger partial charge on any atom is 0.255 e. The molecule has 11 nitrogen and oxygen atoms in total. The van der Waals surface area contributed by atoms with Crippen molar-refractivity contribution in [2.45, 2.75) is 12.5 Å². The number of tetrazole rings is 1. The predicted octanol–water partition coefficient (Wildman–Crippen LogP) is 1.07. The molecule has 3 amide bonds. The van der Waals surface area contributed by atoms with Gasteiger partial charge in [0.25, 0.3) is 11.8 Å². The second-order valence-electron chi connectivity index (χ2n) is 7.81. The number of amides is 3. The zero-order valence-electron chi connectivity index (χ0n) is 18.8. The summed E-state index contributed by atoms with van der Waals surface area (Å²) in [6, 6.07) is 13.0. The van der Waals surface area contributed by atoms with Gasteiger partial charge in [-0.1, -0.05) is 41.9 Å². The second-order valence-corrected chi connectivity index (χ2v) is 8.25. The van der Waals surface area contributed by atoms with Crippen LogP contribution in [0.15, 0.2) is 54.9 Å². The summed E-state index contributed by atoms with van der Waals surface area (Å²) in [7, 11) is 0. The third-order valence-electron chi connectivity index (χ3n) is 5.38. The summed E-state index contributed by atoms with van der Waals surface area (Å²) in [5.41, 5.74) is 0.983. The minimum Gasteiger partial charge on any atom is -0.491 e. The van der Waals surface area contributed by atoms with Gasteiger partial charge in [-0.3, -0.25) is 14.4 Å². The predicted molar refractivity (Wildman–Crippen MR) is 126 cm³/mol. The SMILES string of the molecule is O=C1CN(C(=O)C(c2ccccc2)n2cnnn2)CCCNC(=O)c2cc(Cl)ccc2OCCN1. The van der Waals surface area contributed by atoms with Gasteiger partial charge in [-0.25, -0.2) is 4.68 Å². The van der Waals surface area contributed by atoms with Crippen LogP contribution in [0.25, 0.3) is 0 Å². The van der Waals surface area contributed by atoms with Gasteiger partial charge in [0.1, 0.15) is 18.7 Å². The van der Waals surface area contributed by atoms with Gasteiger partial charge in [-0.05, 0) is 40.6 Å². The van der Waals surface area contributed by atoms with Gasteiger partial charge < -0.3 is 20.3 Å². The van der Waals surface area contributed by atoms with E-state index < -0.39 is 6.04 Å². The Morgan fingerprint density at radius 1 is 1.09 bits per heavy atom. The lowest BCUT2D eigenvalue weighted by molar-refractivity contribution is -0.138. The fourth-order valence-electron chi connectivity index (χ4n) is 3.72. The molecule has 1 atom stereocenters. The van der Waals surface area contributed by atoms with Gasteiger partial charge in [0.15, 0.2) is 6.04 Å². The van der Waals surface area contributed by atoms with E-state index in [1.807, 2.05) is 18.2 Å². The van der Waals surface area contributed by atoms with E-state index in [2.05, 4.69) is 26.2 Å². The van der Waals surface area contributed by atoms with Crippen molar-refractivity contribution < 1.29 is 19.1 Å². The van der Waals surface area contributed by atoms with Crippen LogP contribution in [-0.4, -0.2) is 75.6 Å². The van der Waals surface area contributed by atoms with Gasteiger partial charge in [0.05, 0.1) is 18.7 Å². The first-order chi connectivity index (χ1) is 17.0. The molecule has 1 aromatic heterocycles. The Bertz CT molecular complexity index is 1170. The number of hydrogen-bond acceptors (Lipinski definition) is 7. The Balaban J connectivity index is 1.54. The Kier molecular flexibility index (Phi) is 7.88. The molecule has 0 saturated heterocycles. The van der Waals surface area contributed by atoms with Crippen molar-refractivity contribution in [3.8, 4) is 5.75 Å². The molecule has 0 aliphatic carbocycles. The average Bonchev–Trinajstić information content (AvgIpc) is 3.39. The van der Waals surface area contributed by atoms with Crippen LogP contribution < -0.4 is 15.4 Å². The number of halogens is 1. The molecule has 12 heteroatoms. The summed E-state index contributed by atoms with van der Waals surface area (Å²) < 4.78 is 7.04. The fraction of sp³-hybridized carbons (Fsp3) is 0.304. The molecule has 4 rings (SSSR count). The Morgan fingerprint density at radius 2 is 1.91 bits per heavy atom. The Hall–Kier alpha value is -3.99. The van der Waals surface area contributed by atoms with Gasteiger partial charge in [0, 0.05) is 18.1 Å². The first kappa shape index (κ1) is 24.1. The zero-order valence-corrected chi connectivity index (χ0v) is 19.5. The van der Waals surface area contributed by atoms with E-state index >= 15 is 0 Å². The molecule has 0 bridgehead atoms. The highest BCUT2D eigenvalue weighted by atomic mass is 35.5. The van der Waals surface area contributed by atoms with E-state index in [1.54, 1.807) is 24.3 Å². The molecule has 1 unspecified atom stereocenters. The molecule has 35 heavy (non-hydrogen) atoms. The highest BCUT2D eigenvalue weighted by molar-refractivity contribution is 6.31. The number of aromatic nitrogens is 4. The number of benzene rings is 2. The van der Waals surface area contributed by atoms with Crippen LogP contribution in [0.2, 0.25) is 5.02 Å². The van der Waals surface area contributed by atoms with Crippen LogP contribution in [0.1, 0.15) is 28.4 Å². The standard InChI is InChI=1S/C23H24ClN7O4/c24-17-7-8-19-18(13-17)22(33)26-9-4-11-30(14-20(32)25-10-12-35-19)23(34)21(31-15-27-28-29-31)16-5-2-1-3-6-16/h1-3,5-8,13,15,21H,4,9-12,14H2,(H,25,32)(H,26,33). The lowest BCUT2D eigenvalue weighted by Gasteiger charge is -2.27. The molecule has 2 aromatic carbocycles. The Morgan fingerprint density at radius 3 is 2.69 bits per heavy atom. The van der Waals surface area contributed by atoms with Crippen LogP contribution in [0.4, 0.5) is 0 Å². The van der Waals surface area contributed by atoms with Gasteiger partial charge >= 0.3 is 0 Å². The molecule has 1 aliphatic heterocycles. The van der Waals surface area contributed by atoms with E-state index in [0.717, 1.165) is 0 Å². The third-order valence-corrected chi connectivity index (χ3v) is 5.62. The normalized spacial score (nSPS) is 16.2. The van der Waals surface area contributed by atoms with Crippen molar-refractivity contribution in [2.24, 2.45) is 0 Å². The van der Waals surface area contributed by atoms with Crippen LogP contribution in [0, 0.1) is 0 Å². The first-order valence-electron chi connectivity index (χ1n) is 11.1. The van der Waals surface area contributed by atoms with Crippen molar-refractivity contribution in [3.05, 3.63) is 71.0 Å². The summed E-state index contributed by atoms with van der Waals surface area (Å²) in [5.74, 6) is -0.632. The van der Waals surface area contributed by atoms with Crippen LogP contribution in [0.3, 0.4) is 0 Å². The summed E-state index contributed by atoms with van der Waals surface area (Å²) in [5, 5.41) is 17.2. The van der Waals surface area contributed by atoms with Crippen molar-refractivity contribution in [1.29, 1.82) is 0 Å². The second kappa shape index (κ2) is 11.4. The number of ether oxygens (including phenoxy) is 1. The van der Waals surface area contributed by atoms with E-state index in [-0.39, 0.29) is 50.5 Å². The molecule has 1 aliphatic rings. The number of nitrogens with zero attached hydrogens (tertiary/aromatic N) is 5. The summed E-state index contributed by atoms with van der Waals surface area (Å²) in [6.45, 7) is 0.678. The van der Waals surface area contributed by atoms with Crippen molar-refractivity contribution in [3.63, 3.8) is 0 Å². The third kappa shape index (κ3) is 6.12. The maximum atomic E-state index is 13.7. The van der Waals surface area contributed by atoms with Crippen LogP contribution in [0.5, 0.6) is 5.75 Å². The molecular formula is C23H24ClN7O4. The van der Waals surface area contributed by atoms with E-state index in [4.69, 9.17) is 16.3 Å². The number of rotatable bonds is 3.